The van der Waals surface area contributed by atoms with Crippen molar-refractivity contribution in [2.45, 2.75) is 26.2 Å². The summed E-state index contributed by atoms with van der Waals surface area (Å²) in [6, 6.07) is 34.9. The van der Waals surface area contributed by atoms with Gasteiger partial charge in [-0.1, -0.05) is 68.4 Å². The number of benzene rings is 4. The fourth-order valence-electron chi connectivity index (χ4n) is 6.17. The summed E-state index contributed by atoms with van der Waals surface area (Å²) in [4.78, 5) is 2.44. The van der Waals surface area contributed by atoms with Crippen molar-refractivity contribution < 1.29 is 8.98 Å². The van der Waals surface area contributed by atoms with Crippen LogP contribution < -0.4 is 9.47 Å². The molecule has 0 spiro atoms. The standard InChI is InChI=1S/C35H31N2O/c1-23-16-18-28-27-14-10-13-26(33(27)38-34(28)32(23)31-15-8-9-20-36(31)4)24-17-19-30-29(21-24)35(2,3)22-37(30)25-11-6-5-7-12-25/h5-21H,22H2,1-4H3/q+1. The molecule has 0 atom stereocenters. The molecular formula is C35H31N2O+. The molecule has 38 heavy (non-hydrogen) atoms. The lowest BCUT2D eigenvalue weighted by Crippen LogP contribution is -2.30. The van der Waals surface area contributed by atoms with Crippen LogP contribution in [0.2, 0.25) is 0 Å². The average Bonchev–Trinajstić information content (AvgIpc) is 3.44. The quantitative estimate of drug-likeness (QED) is 0.229. The van der Waals surface area contributed by atoms with Crippen molar-refractivity contribution in [2.24, 2.45) is 7.05 Å². The number of aryl methyl sites for hydroxylation is 2. The summed E-state index contributed by atoms with van der Waals surface area (Å²) in [7, 11) is 2.09. The number of para-hydroxylation sites is 2. The molecule has 3 heteroatoms. The Kier molecular flexibility index (Phi) is 4.99. The van der Waals surface area contributed by atoms with Crippen molar-refractivity contribution in [1.29, 1.82) is 0 Å². The van der Waals surface area contributed by atoms with E-state index in [9.17, 15) is 0 Å². The molecule has 4 aromatic carbocycles. The third-order valence-electron chi connectivity index (χ3n) is 8.14. The highest BCUT2D eigenvalue weighted by atomic mass is 16.3. The molecule has 0 unspecified atom stereocenters. The van der Waals surface area contributed by atoms with Crippen LogP contribution in [0.3, 0.4) is 0 Å². The molecule has 0 fully saturated rings. The van der Waals surface area contributed by atoms with E-state index in [1.807, 2.05) is 0 Å². The van der Waals surface area contributed by atoms with Crippen LogP contribution in [0.1, 0.15) is 25.0 Å². The smallest absolute Gasteiger partial charge is 0.216 e. The van der Waals surface area contributed by atoms with Gasteiger partial charge in [-0.15, -0.1) is 0 Å². The lowest BCUT2D eigenvalue weighted by molar-refractivity contribution is -0.660. The summed E-state index contributed by atoms with van der Waals surface area (Å²) >= 11 is 0. The molecule has 0 aliphatic carbocycles. The molecule has 0 saturated carbocycles. The number of rotatable bonds is 3. The Balaban J connectivity index is 1.43. The highest BCUT2D eigenvalue weighted by molar-refractivity contribution is 6.13. The van der Waals surface area contributed by atoms with Crippen LogP contribution in [0.15, 0.2) is 108 Å². The molecule has 0 saturated heterocycles. The van der Waals surface area contributed by atoms with E-state index in [1.165, 1.54) is 28.1 Å². The minimum Gasteiger partial charge on any atom is -0.454 e. The molecule has 0 amide bonds. The fraction of sp³-hybridized carbons (Fsp3) is 0.171. The zero-order valence-electron chi connectivity index (χ0n) is 22.3. The second kappa shape index (κ2) is 8.32. The monoisotopic (exact) mass is 495 g/mol. The van der Waals surface area contributed by atoms with E-state index in [0.29, 0.717) is 0 Å². The number of anilines is 2. The second-order valence-corrected chi connectivity index (χ2v) is 11.2. The van der Waals surface area contributed by atoms with Crippen LogP contribution in [0.5, 0.6) is 0 Å². The van der Waals surface area contributed by atoms with E-state index in [1.54, 1.807) is 0 Å². The van der Waals surface area contributed by atoms with Gasteiger partial charge in [-0.05, 0) is 53.9 Å². The molecule has 0 bridgehead atoms. The summed E-state index contributed by atoms with van der Waals surface area (Å²) in [5.41, 5.74) is 11.7. The Bertz CT molecular complexity index is 1850. The Hall–Kier alpha value is -4.37. The Morgan fingerprint density at radius 3 is 2.39 bits per heavy atom. The lowest BCUT2D eigenvalue weighted by Gasteiger charge is -2.22. The van der Waals surface area contributed by atoms with Crippen molar-refractivity contribution in [3.05, 3.63) is 114 Å². The van der Waals surface area contributed by atoms with E-state index < -0.39 is 0 Å². The largest absolute Gasteiger partial charge is 0.454 e. The minimum absolute atomic E-state index is 0.0370. The number of furan rings is 1. The van der Waals surface area contributed by atoms with Crippen LogP contribution in [0.25, 0.3) is 44.3 Å². The van der Waals surface area contributed by atoms with E-state index >= 15 is 0 Å². The van der Waals surface area contributed by atoms with Gasteiger partial charge in [0.2, 0.25) is 5.69 Å². The first-order valence-corrected chi connectivity index (χ1v) is 13.3. The molecule has 0 N–H and O–H groups in total. The van der Waals surface area contributed by atoms with E-state index in [-0.39, 0.29) is 5.41 Å². The summed E-state index contributed by atoms with van der Waals surface area (Å²) in [5, 5.41) is 2.31. The number of pyridine rings is 1. The Morgan fingerprint density at radius 2 is 1.58 bits per heavy atom. The molecule has 1 aliphatic heterocycles. The summed E-state index contributed by atoms with van der Waals surface area (Å²) < 4.78 is 8.96. The van der Waals surface area contributed by atoms with Crippen LogP contribution in [-0.4, -0.2) is 6.54 Å². The van der Waals surface area contributed by atoms with Gasteiger partial charge in [0.25, 0.3) is 0 Å². The predicted octanol–water partition coefficient (Wildman–Crippen LogP) is 8.48. The van der Waals surface area contributed by atoms with Crippen molar-refractivity contribution in [3.63, 3.8) is 0 Å². The molecule has 7 rings (SSSR count). The van der Waals surface area contributed by atoms with Crippen molar-refractivity contribution >= 4 is 33.3 Å². The fourth-order valence-corrected chi connectivity index (χ4v) is 6.17. The van der Waals surface area contributed by atoms with Gasteiger partial charge < -0.3 is 9.32 Å². The zero-order valence-corrected chi connectivity index (χ0v) is 22.3. The van der Waals surface area contributed by atoms with E-state index in [2.05, 4.69) is 141 Å². The van der Waals surface area contributed by atoms with Gasteiger partial charge in [0.1, 0.15) is 18.2 Å². The van der Waals surface area contributed by atoms with E-state index in [4.69, 9.17) is 4.42 Å². The topological polar surface area (TPSA) is 20.3 Å². The third-order valence-corrected chi connectivity index (χ3v) is 8.14. The van der Waals surface area contributed by atoms with Gasteiger partial charge in [0.15, 0.2) is 6.20 Å². The molecule has 186 valence electrons. The van der Waals surface area contributed by atoms with Crippen molar-refractivity contribution in [1.82, 2.24) is 0 Å². The Labute approximate surface area is 223 Å². The van der Waals surface area contributed by atoms with E-state index in [0.717, 1.165) is 45.3 Å². The van der Waals surface area contributed by atoms with Gasteiger partial charge in [0, 0.05) is 51.8 Å². The first kappa shape index (κ1) is 22.8. The SMILES string of the molecule is Cc1ccc2c(oc3c(-c4ccc5c(c4)C(C)(C)CN5c4ccccc4)cccc32)c1-c1cccc[n+]1C. The van der Waals surface area contributed by atoms with Gasteiger partial charge in [-0.25, -0.2) is 4.57 Å². The van der Waals surface area contributed by atoms with Crippen molar-refractivity contribution in [2.75, 3.05) is 11.4 Å². The maximum absolute atomic E-state index is 6.80. The van der Waals surface area contributed by atoms with Crippen LogP contribution in [0.4, 0.5) is 11.4 Å². The molecule has 0 radical (unpaired) electrons. The van der Waals surface area contributed by atoms with Gasteiger partial charge in [-0.3, -0.25) is 0 Å². The lowest BCUT2D eigenvalue weighted by atomic mass is 9.85. The van der Waals surface area contributed by atoms with Crippen LogP contribution in [0, 0.1) is 6.92 Å². The number of nitrogens with zero attached hydrogens (tertiary/aromatic N) is 2. The first-order valence-electron chi connectivity index (χ1n) is 13.3. The zero-order chi connectivity index (χ0) is 26.0. The first-order chi connectivity index (χ1) is 18.4. The number of hydrogen-bond acceptors (Lipinski definition) is 2. The normalized spacial score (nSPS) is 14.4. The maximum Gasteiger partial charge on any atom is 0.216 e. The third kappa shape index (κ3) is 3.39. The molecule has 3 nitrogen and oxygen atoms in total. The van der Waals surface area contributed by atoms with Gasteiger partial charge in [-0.2, -0.15) is 0 Å². The van der Waals surface area contributed by atoms with Crippen molar-refractivity contribution in [3.8, 4) is 22.4 Å². The molecule has 3 heterocycles. The number of hydrogen-bond donors (Lipinski definition) is 0. The van der Waals surface area contributed by atoms with Crippen LogP contribution in [-0.2, 0) is 12.5 Å². The van der Waals surface area contributed by atoms with Gasteiger partial charge >= 0.3 is 0 Å². The number of aromatic nitrogens is 1. The molecule has 2 aromatic heterocycles. The highest BCUT2D eigenvalue weighted by Crippen LogP contribution is 2.47. The minimum atomic E-state index is 0.0370. The highest BCUT2D eigenvalue weighted by Gasteiger charge is 2.36. The average molecular weight is 496 g/mol. The summed E-state index contributed by atoms with van der Waals surface area (Å²) in [6.07, 6.45) is 2.09. The molecule has 1 aliphatic rings. The maximum atomic E-state index is 6.80. The van der Waals surface area contributed by atoms with Crippen LogP contribution >= 0.6 is 0 Å². The molecule has 6 aromatic rings. The predicted molar refractivity (Wildman–Crippen MR) is 157 cm³/mol. The molecular weight excluding hydrogens is 464 g/mol. The Morgan fingerprint density at radius 1 is 0.789 bits per heavy atom. The van der Waals surface area contributed by atoms with Gasteiger partial charge in [0.05, 0.1) is 5.56 Å². The second-order valence-electron chi connectivity index (χ2n) is 11.2. The summed E-state index contributed by atoms with van der Waals surface area (Å²) in [6.45, 7) is 7.81. The number of fused-ring (bicyclic) bond motifs is 4. The summed E-state index contributed by atoms with van der Waals surface area (Å²) in [5.74, 6) is 0.